The van der Waals surface area contributed by atoms with Gasteiger partial charge in [-0.15, -0.1) is 0 Å². The Morgan fingerprint density at radius 1 is 1.12 bits per heavy atom. The van der Waals surface area contributed by atoms with Crippen molar-refractivity contribution in [2.24, 2.45) is 0 Å². The van der Waals surface area contributed by atoms with Gasteiger partial charge >= 0.3 is 0 Å². The van der Waals surface area contributed by atoms with Gasteiger partial charge in [0, 0.05) is 25.2 Å². The number of fused-ring (bicyclic) bond motifs is 2. The second-order valence-electron chi connectivity index (χ2n) is 4.71. The maximum atomic E-state index is 13.1. The van der Waals surface area contributed by atoms with Crippen molar-refractivity contribution in [2.75, 3.05) is 0 Å². The number of rotatable bonds is 1. The molecule has 0 amide bonds. The predicted molar refractivity (Wildman–Crippen MR) is 52.5 cm³/mol. The van der Waals surface area contributed by atoms with Gasteiger partial charge in [-0.3, -0.25) is 0 Å². The molecule has 2 bridgehead atoms. The van der Waals surface area contributed by atoms with E-state index >= 15 is 0 Å². The molecule has 88 valence electrons. The van der Waals surface area contributed by atoms with E-state index in [1.54, 1.807) is 6.07 Å². The first-order valence-electron chi connectivity index (χ1n) is 5.54. The Bertz CT molecular complexity index is 397. The summed E-state index contributed by atoms with van der Waals surface area (Å²) in [5.74, 6) is -1.03. The van der Waals surface area contributed by atoms with Gasteiger partial charge in [0.05, 0.1) is 12.1 Å². The van der Waals surface area contributed by atoms with Gasteiger partial charge in [0.15, 0.2) is 11.6 Å². The van der Waals surface area contributed by atoms with E-state index in [1.807, 2.05) is 0 Å². The molecule has 0 saturated carbocycles. The summed E-state index contributed by atoms with van der Waals surface area (Å²) in [5.41, 5.74) is 0.970. The molecule has 4 heteroatoms. The number of quaternary nitrogens is 1. The molecule has 2 N–H and O–H groups in total. The van der Waals surface area contributed by atoms with Crippen LogP contribution in [0, 0.1) is 11.6 Å². The Kier molecular flexibility index (Phi) is 3.17. The van der Waals surface area contributed by atoms with Gasteiger partial charge in [-0.25, -0.2) is 8.78 Å². The van der Waals surface area contributed by atoms with Crippen LogP contribution >= 0.6 is 0 Å². The summed E-state index contributed by atoms with van der Waals surface area (Å²) >= 11 is 0. The van der Waals surface area contributed by atoms with Crippen molar-refractivity contribution >= 4 is 0 Å². The number of halogens is 3. The molecule has 2 aliphatic rings. The Labute approximate surface area is 99.6 Å². The molecule has 0 aliphatic carbocycles. The third-order valence-corrected chi connectivity index (χ3v) is 3.84. The van der Waals surface area contributed by atoms with Crippen LogP contribution in [0.3, 0.4) is 0 Å². The Morgan fingerprint density at radius 2 is 1.94 bits per heavy atom. The summed E-state index contributed by atoms with van der Waals surface area (Å²) in [6.07, 6.45) is 3.62. The Hall–Kier alpha value is -0.670. The first kappa shape index (κ1) is 11.8. The van der Waals surface area contributed by atoms with Crippen LogP contribution in [0.1, 0.15) is 30.7 Å². The van der Waals surface area contributed by atoms with Crippen molar-refractivity contribution in [2.45, 2.75) is 37.3 Å². The molecule has 0 spiro atoms. The highest BCUT2D eigenvalue weighted by Crippen LogP contribution is 2.35. The van der Waals surface area contributed by atoms with Crippen molar-refractivity contribution in [1.29, 1.82) is 0 Å². The van der Waals surface area contributed by atoms with Crippen LogP contribution in [0.5, 0.6) is 0 Å². The molecular formula is C12H14ClF2N. The van der Waals surface area contributed by atoms with E-state index in [2.05, 4.69) is 5.32 Å². The normalized spacial score (nSPS) is 31.5. The fraction of sp³-hybridized carbons (Fsp3) is 0.500. The van der Waals surface area contributed by atoms with Crippen molar-refractivity contribution in [3.63, 3.8) is 0 Å². The molecular weight excluding hydrogens is 232 g/mol. The second kappa shape index (κ2) is 4.30. The maximum absolute atomic E-state index is 13.1. The van der Waals surface area contributed by atoms with Crippen molar-refractivity contribution in [3.8, 4) is 0 Å². The summed E-state index contributed by atoms with van der Waals surface area (Å²) in [6.45, 7) is 0. The minimum absolute atomic E-state index is 0. The van der Waals surface area contributed by atoms with Crippen LogP contribution in [0.2, 0.25) is 0 Å². The van der Waals surface area contributed by atoms with Crippen LogP contribution in [0.4, 0.5) is 8.78 Å². The zero-order chi connectivity index (χ0) is 10.4. The van der Waals surface area contributed by atoms with E-state index in [4.69, 9.17) is 0 Å². The number of hydrogen-bond acceptors (Lipinski definition) is 0. The van der Waals surface area contributed by atoms with Gasteiger partial charge in [-0.1, -0.05) is 6.07 Å². The molecule has 1 aromatic carbocycles. The first-order valence-corrected chi connectivity index (χ1v) is 5.54. The molecule has 2 heterocycles. The number of nitrogens with two attached hydrogens (primary N) is 1. The molecule has 2 saturated heterocycles. The van der Waals surface area contributed by atoms with Crippen LogP contribution in [0.25, 0.3) is 0 Å². The maximum Gasteiger partial charge on any atom is 0.159 e. The van der Waals surface area contributed by atoms with E-state index in [0.29, 0.717) is 18.0 Å². The van der Waals surface area contributed by atoms with E-state index < -0.39 is 11.6 Å². The minimum atomic E-state index is -0.745. The van der Waals surface area contributed by atoms with Gasteiger partial charge in [-0.2, -0.15) is 0 Å². The van der Waals surface area contributed by atoms with Crippen molar-refractivity contribution < 1.29 is 26.5 Å². The molecule has 0 radical (unpaired) electrons. The lowest BCUT2D eigenvalue weighted by Crippen LogP contribution is -3.00. The van der Waals surface area contributed by atoms with Crippen LogP contribution < -0.4 is 17.7 Å². The number of hydrogen-bond donors (Lipinski definition) is 1. The zero-order valence-electron chi connectivity index (χ0n) is 8.80. The van der Waals surface area contributed by atoms with E-state index in [1.165, 1.54) is 25.0 Å². The highest BCUT2D eigenvalue weighted by molar-refractivity contribution is 5.24. The second-order valence-corrected chi connectivity index (χ2v) is 4.71. The smallest absolute Gasteiger partial charge is 0.159 e. The first-order chi connectivity index (χ1) is 7.24. The summed E-state index contributed by atoms with van der Waals surface area (Å²) in [5, 5.41) is 2.39. The summed E-state index contributed by atoms with van der Waals surface area (Å²) in [4.78, 5) is 0. The van der Waals surface area contributed by atoms with Gasteiger partial charge in [-0.05, 0) is 17.7 Å². The molecule has 1 nitrogen and oxygen atoms in total. The van der Waals surface area contributed by atoms with Crippen molar-refractivity contribution in [1.82, 2.24) is 0 Å². The van der Waals surface area contributed by atoms with Gasteiger partial charge in [0.1, 0.15) is 0 Å². The van der Waals surface area contributed by atoms with E-state index in [9.17, 15) is 8.78 Å². The topological polar surface area (TPSA) is 16.6 Å². The van der Waals surface area contributed by atoms with E-state index in [0.717, 1.165) is 12.0 Å². The lowest BCUT2D eigenvalue weighted by Gasteiger charge is -2.16. The van der Waals surface area contributed by atoms with Gasteiger partial charge in [0.2, 0.25) is 0 Å². The van der Waals surface area contributed by atoms with E-state index in [-0.39, 0.29) is 12.4 Å². The highest BCUT2D eigenvalue weighted by Gasteiger charge is 2.44. The molecule has 0 unspecified atom stereocenters. The van der Waals surface area contributed by atoms with Crippen molar-refractivity contribution in [3.05, 3.63) is 35.4 Å². The average molecular weight is 246 g/mol. The monoisotopic (exact) mass is 245 g/mol. The fourth-order valence-electron chi connectivity index (χ4n) is 3.11. The lowest BCUT2D eigenvalue weighted by atomic mass is 9.84. The van der Waals surface area contributed by atoms with Gasteiger partial charge in [0.25, 0.3) is 0 Å². The summed E-state index contributed by atoms with van der Waals surface area (Å²) < 4.78 is 25.9. The average Bonchev–Trinajstić information content (AvgIpc) is 2.83. The minimum Gasteiger partial charge on any atom is -1.00 e. The van der Waals surface area contributed by atoms with Crippen LogP contribution in [-0.2, 0) is 0 Å². The summed E-state index contributed by atoms with van der Waals surface area (Å²) in [7, 11) is 0. The fourth-order valence-corrected chi connectivity index (χ4v) is 3.11. The molecule has 0 aromatic heterocycles. The third kappa shape index (κ3) is 1.82. The predicted octanol–water partition coefficient (Wildman–Crippen LogP) is -1.45. The largest absolute Gasteiger partial charge is 1.00 e. The summed E-state index contributed by atoms with van der Waals surface area (Å²) in [6, 6.07) is 5.66. The zero-order valence-corrected chi connectivity index (χ0v) is 9.55. The molecule has 2 fully saturated rings. The Morgan fingerprint density at radius 3 is 2.50 bits per heavy atom. The highest BCUT2D eigenvalue weighted by atomic mass is 35.5. The molecule has 16 heavy (non-hydrogen) atoms. The van der Waals surface area contributed by atoms with Crippen LogP contribution in [-0.4, -0.2) is 12.1 Å². The molecule has 1 aromatic rings. The lowest BCUT2D eigenvalue weighted by molar-refractivity contribution is -0.682. The third-order valence-electron chi connectivity index (χ3n) is 3.84. The van der Waals surface area contributed by atoms with Gasteiger partial charge < -0.3 is 17.7 Å². The number of benzene rings is 1. The quantitative estimate of drug-likeness (QED) is 0.624. The standard InChI is InChI=1S/C12H13F2N.ClH/c13-10-3-1-7(5-11(10)14)9-6-8-2-4-12(9)15-8;/h1,3,5,8-9,12,15H,2,4,6H2;1H/t8-,9+,12+;/m0./s1. The molecule has 3 atom stereocenters. The van der Waals surface area contributed by atoms with Crippen LogP contribution in [0.15, 0.2) is 18.2 Å². The molecule has 3 rings (SSSR count). The SMILES string of the molecule is Fc1ccc([C@H]2C[C@@H]3CC[C@H]2[NH2+]3)cc1F.[Cl-]. The Balaban J connectivity index is 0.000000963. The molecule has 2 aliphatic heterocycles.